The van der Waals surface area contributed by atoms with Crippen molar-refractivity contribution in [1.29, 1.82) is 0 Å². The van der Waals surface area contributed by atoms with E-state index in [1.165, 1.54) is 0 Å². The fraction of sp³-hybridized carbons (Fsp3) is 0.917. The lowest BCUT2D eigenvalue weighted by Crippen LogP contribution is -2.49. The molecule has 0 spiro atoms. The Labute approximate surface area is 110 Å². The van der Waals surface area contributed by atoms with E-state index in [0.29, 0.717) is 12.5 Å². The van der Waals surface area contributed by atoms with Gasteiger partial charge >= 0.3 is 0 Å². The third-order valence-corrected chi connectivity index (χ3v) is 3.46. The van der Waals surface area contributed by atoms with Gasteiger partial charge in [0.05, 0.1) is 6.61 Å². The van der Waals surface area contributed by atoms with Crippen molar-refractivity contribution in [3.8, 4) is 0 Å². The fourth-order valence-electron chi connectivity index (χ4n) is 2.27. The first-order valence-corrected chi connectivity index (χ1v) is 6.09. The van der Waals surface area contributed by atoms with Crippen LogP contribution in [0.5, 0.6) is 0 Å². The Bertz CT molecular complexity index is 229. The third-order valence-electron chi connectivity index (χ3n) is 3.46. The van der Waals surface area contributed by atoms with Crippen LogP contribution in [-0.2, 0) is 9.53 Å². The summed E-state index contributed by atoms with van der Waals surface area (Å²) < 4.78 is 4.90. The molecule has 0 aromatic rings. The molecule has 0 bridgehead atoms. The number of likely N-dealkylation sites (tertiary alicyclic amines) is 1. The number of rotatable bonds is 4. The highest BCUT2D eigenvalue weighted by atomic mass is 35.5. The van der Waals surface area contributed by atoms with Crippen molar-refractivity contribution in [1.82, 2.24) is 4.90 Å². The number of hydrogen-bond donors (Lipinski definition) is 1. The Morgan fingerprint density at radius 3 is 2.35 bits per heavy atom. The number of amides is 1. The van der Waals surface area contributed by atoms with Gasteiger partial charge in [-0.3, -0.25) is 4.79 Å². The molecule has 4 nitrogen and oxygen atoms in total. The van der Waals surface area contributed by atoms with Crippen LogP contribution in [0.1, 0.15) is 26.7 Å². The number of nitrogens with two attached hydrogens (primary N) is 1. The van der Waals surface area contributed by atoms with Gasteiger partial charge in [-0.15, -0.1) is 12.4 Å². The van der Waals surface area contributed by atoms with Crippen LogP contribution in [0.15, 0.2) is 0 Å². The lowest BCUT2D eigenvalue weighted by atomic mass is 9.86. The molecule has 0 aliphatic carbocycles. The predicted molar refractivity (Wildman–Crippen MR) is 71.2 cm³/mol. The number of piperidine rings is 1. The number of halogens is 1. The first-order chi connectivity index (χ1) is 7.56. The molecule has 1 fully saturated rings. The number of carbonyl (C=O) groups excluding carboxylic acids is 1. The van der Waals surface area contributed by atoms with E-state index in [2.05, 4.69) is 13.8 Å². The van der Waals surface area contributed by atoms with Gasteiger partial charge in [0, 0.05) is 20.2 Å². The summed E-state index contributed by atoms with van der Waals surface area (Å²) in [6, 6.07) is -0.499. The van der Waals surface area contributed by atoms with E-state index >= 15 is 0 Å². The molecule has 1 unspecified atom stereocenters. The van der Waals surface area contributed by atoms with Gasteiger partial charge in [0.25, 0.3) is 0 Å². The maximum Gasteiger partial charge on any atom is 0.241 e. The van der Waals surface area contributed by atoms with Crippen LogP contribution in [0, 0.1) is 11.8 Å². The molecule has 102 valence electrons. The fourth-order valence-corrected chi connectivity index (χ4v) is 2.27. The highest BCUT2D eigenvalue weighted by Crippen LogP contribution is 2.24. The van der Waals surface area contributed by atoms with Gasteiger partial charge < -0.3 is 15.4 Å². The van der Waals surface area contributed by atoms with Gasteiger partial charge in [0.1, 0.15) is 6.04 Å². The smallest absolute Gasteiger partial charge is 0.241 e. The number of carbonyl (C=O) groups is 1. The van der Waals surface area contributed by atoms with Gasteiger partial charge in [0.15, 0.2) is 0 Å². The molecule has 1 heterocycles. The third kappa shape index (κ3) is 4.82. The highest BCUT2D eigenvalue weighted by Gasteiger charge is 2.27. The quantitative estimate of drug-likeness (QED) is 0.832. The standard InChI is InChI=1S/C12H24N2O2.ClH/c1-9(2)10-4-6-14(7-5-10)12(15)11(13)8-16-3;/h9-11H,4-8,13H2,1-3H3;1H. The minimum absolute atomic E-state index is 0. The number of ether oxygens (including phenoxy) is 1. The Kier molecular flexibility index (Phi) is 7.75. The maximum absolute atomic E-state index is 11.9. The van der Waals surface area contributed by atoms with Crippen molar-refractivity contribution in [3.63, 3.8) is 0 Å². The van der Waals surface area contributed by atoms with E-state index in [1.807, 2.05) is 4.90 Å². The minimum atomic E-state index is -0.499. The Morgan fingerprint density at radius 1 is 1.41 bits per heavy atom. The van der Waals surface area contributed by atoms with Crippen LogP contribution in [0.25, 0.3) is 0 Å². The molecule has 1 aliphatic heterocycles. The number of methoxy groups -OCH3 is 1. The molecule has 1 saturated heterocycles. The largest absolute Gasteiger partial charge is 0.383 e. The van der Waals surface area contributed by atoms with E-state index in [4.69, 9.17) is 10.5 Å². The van der Waals surface area contributed by atoms with Gasteiger partial charge in [-0.1, -0.05) is 13.8 Å². The van der Waals surface area contributed by atoms with Gasteiger partial charge in [-0.05, 0) is 24.7 Å². The Balaban J connectivity index is 0.00000256. The average Bonchev–Trinajstić information content (AvgIpc) is 2.28. The molecule has 1 amide bonds. The Hall–Kier alpha value is -0.320. The molecular weight excluding hydrogens is 240 g/mol. The molecule has 5 heteroatoms. The van der Waals surface area contributed by atoms with Gasteiger partial charge in [-0.25, -0.2) is 0 Å². The van der Waals surface area contributed by atoms with Crippen LogP contribution in [0.2, 0.25) is 0 Å². The monoisotopic (exact) mass is 264 g/mol. The zero-order chi connectivity index (χ0) is 12.1. The first-order valence-electron chi connectivity index (χ1n) is 6.09. The summed E-state index contributed by atoms with van der Waals surface area (Å²) in [6.07, 6.45) is 2.20. The molecule has 1 atom stereocenters. The van der Waals surface area contributed by atoms with Crippen molar-refractivity contribution in [2.75, 3.05) is 26.8 Å². The second-order valence-electron chi connectivity index (χ2n) is 4.97. The molecule has 0 saturated carbocycles. The van der Waals surface area contributed by atoms with Crippen LogP contribution in [0.3, 0.4) is 0 Å². The first kappa shape index (κ1) is 16.7. The molecule has 1 rings (SSSR count). The van der Waals surface area contributed by atoms with Crippen molar-refractivity contribution < 1.29 is 9.53 Å². The second-order valence-corrected chi connectivity index (χ2v) is 4.97. The molecule has 0 radical (unpaired) electrons. The summed E-state index contributed by atoms with van der Waals surface area (Å²) in [7, 11) is 1.57. The Morgan fingerprint density at radius 2 is 1.94 bits per heavy atom. The van der Waals surface area contributed by atoms with Crippen LogP contribution in [-0.4, -0.2) is 43.7 Å². The average molecular weight is 265 g/mol. The van der Waals surface area contributed by atoms with Crippen molar-refractivity contribution in [2.24, 2.45) is 17.6 Å². The highest BCUT2D eigenvalue weighted by molar-refractivity contribution is 5.85. The van der Waals surface area contributed by atoms with Crippen molar-refractivity contribution in [3.05, 3.63) is 0 Å². The van der Waals surface area contributed by atoms with Crippen LogP contribution >= 0.6 is 12.4 Å². The SMILES string of the molecule is COCC(N)C(=O)N1CCC(C(C)C)CC1.Cl. The second kappa shape index (κ2) is 7.90. The normalized spacial score (nSPS) is 19.0. The van der Waals surface area contributed by atoms with Crippen molar-refractivity contribution >= 4 is 18.3 Å². The van der Waals surface area contributed by atoms with E-state index < -0.39 is 6.04 Å². The summed E-state index contributed by atoms with van der Waals surface area (Å²) in [6.45, 7) is 6.50. The summed E-state index contributed by atoms with van der Waals surface area (Å²) in [5.41, 5.74) is 5.74. The zero-order valence-electron chi connectivity index (χ0n) is 11.0. The molecule has 0 aromatic heterocycles. The summed E-state index contributed by atoms with van der Waals surface area (Å²) in [4.78, 5) is 13.8. The molecule has 0 aromatic carbocycles. The predicted octanol–water partition coefficient (Wildman–Crippen LogP) is 1.28. The summed E-state index contributed by atoms with van der Waals surface area (Å²) in [5.74, 6) is 1.50. The lowest BCUT2D eigenvalue weighted by molar-refractivity contribution is -0.135. The maximum atomic E-state index is 11.9. The number of nitrogens with zero attached hydrogens (tertiary/aromatic N) is 1. The van der Waals surface area contributed by atoms with E-state index in [1.54, 1.807) is 7.11 Å². The molecule has 1 aliphatic rings. The van der Waals surface area contributed by atoms with Crippen LogP contribution < -0.4 is 5.73 Å². The van der Waals surface area contributed by atoms with E-state index in [0.717, 1.165) is 31.8 Å². The number of hydrogen-bond acceptors (Lipinski definition) is 3. The summed E-state index contributed by atoms with van der Waals surface area (Å²) >= 11 is 0. The minimum Gasteiger partial charge on any atom is -0.383 e. The van der Waals surface area contributed by atoms with E-state index in [-0.39, 0.29) is 18.3 Å². The van der Waals surface area contributed by atoms with Gasteiger partial charge in [-0.2, -0.15) is 0 Å². The lowest BCUT2D eigenvalue weighted by Gasteiger charge is -2.35. The molecule has 2 N–H and O–H groups in total. The molecule has 17 heavy (non-hydrogen) atoms. The molecular formula is C12H25ClN2O2. The van der Waals surface area contributed by atoms with E-state index in [9.17, 15) is 4.79 Å². The van der Waals surface area contributed by atoms with Crippen LogP contribution in [0.4, 0.5) is 0 Å². The summed E-state index contributed by atoms with van der Waals surface area (Å²) in [5, 5.41) is 0. The zero-order valence-corrected chi connectivity index (χ0v) is 11.8. The van der Waals surface area contributed by atoms with Crippen molar-refractivity contribution in [2.45, 2.75) is 32.7 Å². The topological polar surface area (TPSA) is 55.6 Å². The van der Waals surface area contributed by atoms with Gasteiger partial charge in [0.2, 0.25) is 5.91 Å².